The van der Waals surface area contributed by atoms with Gasteiger partial charge >= 0.3 is 18.2 Å². The van der Waals surface area contributed by atoms with Crippen LogP contribution in [0, 0.1) is 0 Å². The van der Waals surface area contributed by atoms with Gasteiger partial charge < -0.3 is 15.0 Å². The Balaban J connectivity index is 1.99. The van der Waals surface area contributed by atoms with E-state index in [0.717, 1.165) is 27.7 Å². The minimum absolute atomic E-state index is 0.0921. The van der Waals surface area contributed by atoms with E-state index in [1.165, 1.54) is 4.57 Å². The van der Waals surface area contributed by atoms with Crippen LogP contribution in [0.1, 0.15) is 10.4 Å². The molecule has 1 heterocycles. The third kappa shape index (κ3) is 5.23. The van der Waals surface area contributed by atoms with E-state index in [4.69, 9.17) is 5.11 Å². The summed E-state index contributed by atoms with van der Waals surface area (Å²) in [6.45, 7) is 0.310. The van der Waals surface area contributed by atoms with Crippen LogP contribution in [-0.2, 0) is 17.8 Å². The van der Waals surface area contributed by atoms with E-state index in [9.17, 15) is 22.8 Å². The maximum Gasteiger partial charge on any atom is 0.473 e. The normalized spacial score (nSPS) is 12.3. The fraction of sp³-hybridized carbons (Fsp3) is 0.211. The van der Waals surface area contributed by atoms with Gasteiger partial charge in [-0.3, -0.25) is 4.79 Å². The molecule has 0 saturated heterocycles. The number of aromatic nitrogens is 1. The van der Waals surface area contributed by atoms with E-state index in [-0.39, 0.29) is 24.3 Å². The molecule has 29 heavy (non-hydrogen) atoms. The van der Waals surface area contributed by atoms with Gasteiger partial charge in [-0.15, -0.1) is 11.3 Å². The lowest BCUT2D eigenvalue weighted by Gasteiger charge is -2.08. The van der Waals surface area contributed by atoms with Crippen molar-refractivity contribution in [3.05, 3.63) is 63.9 Å². The Hall–Kier alpha value is -3.14. The number of nitrogens with zero attached hydrogens (tertiary/aromatic N) is 2. The first-order valence-corrected chi connectivity index (χ1v) is 9.34. The highest BCUT2D eigenvalue weighted by Crippen LogP contribution is 2.20. The van der Waals surface area contributed by atoms with Crippen LogP contribution in [0.15, 0.2) is 53.7 Å². The van der Waals surface area contributed by atoms with Crippen LogP contribution < -0.4 is 10.1 Å². The fourth-order valence-corrected chi connectivity index (χ4v) is 3.79. The molecule has 152 valence electrons. The van der Waals surface area contributed by atoms with Gasteiger partial charge in [-0.2, -0.15) is 18.2 Å². The summed E-state index contributed by atoms with van der Waals surface area (Å²) in [5.74, 6) is -2.18. The van der Waals surface area contributed by atoms with Crippen LogP contribution in [0.3, 0.4) is 0 Å². The lowest BCUT2D eigenvalue weighted by molar-refractivity contribution is -0.169. The first kappa shape index (κ1) is 20.6. The molecule has 0 bridgehead atoms. The molecule has 0 aliphatic heterocycles. The summed E-state index contributed by atoms with van der Waals surface area (Å²) < 4.78 is 39.5. The van der Waals surface area contributed by atoms with E-state index in [1.807, 2.05) is 42.5 Å². The number of carboxylic acid groups (broad SMARTS) is 1. The Morgan fingerprint density at radius 1 is 1.14 bits per heavy atom. The number of carbonyl (C=O) groups is 2. The number of amides is 2. The van der Waals surface area contributed by atoms with E-state index in [1.54, 1.807) is 6.20 Å². The maximum absolute atomic E-state index is 12.7. The minimum Gasteiger partial charge on any atom is -0.465 e. The molecule has 0 aliphatic carbocycles. The van der Waals surface area contributed by atoms with Crippen molar-refractivity contribution in [1.82, 2.24) is 9.88 Å². The van der Waals surface area contributed by atoms with Crippen molar-refractivity contribution in [2.75, 3.05) is 6.54 Å². The number of hydrogen-bond donors (Lipinski definition) is 2. The number of carbonyl (C=O) groups excluding carboxylic acids is 1. The predicted octanol–water partition coefficient (Wildman–Crippen LogP) is 3.55. The number of fused-ring (bicyclic) bond motifs is 1. The molecule has 1 aromatic heterocycles. The molecule has 10 heteroatoms. The van der Waals surface area contributed by atoms with E-state index in [0.29, 0.717) is 4.88 Å². The Kier molecular flexibility index (Phi) is 6.02. The molecule has 0 spiro atoms. The lowest BCUT2D eigenvalue weighted by Crippen LogP contribution is -2.25. The molecule has 2 aromatic carbocycles. The summed E-state index contributed by atoms with van der Waals surface area (Å²) >= 11 is 0.923. The number of alkyl halides is 3. The molecule has 0 radical (unpaired) electrons. The van der Waals surface area contributed by atoms with Crippen molar-refractivity contribution in [2.24, 2.45) is 4.99 Å². The lowest BCUT2D eigenvalue weighted by atomic mass is 10.0. The number of thiazole rings is 1. The second-order valence-electron chi connectivity index (χ2n) is 6.14. The number of hydrogen-bond acceptors (Lipinski definition) is 3. The van der Waals surface area contributed by atoms with Crippen molar-refractivity contribution in [1.29, 1.82) is 0 Å². The van der Waals surface area contributed by atoms with Crippen LogP contribution >= 0.6 is 11.3 Å². The van der Waals surface area contributed by atoms with Crippen molar-refractivity contribution in [3.8, 4) is 0 Å². The molecular weight excluding hydrogens is 407 g/mol. The van der Waals surface area contributed by atoms with Gasteiger partial charge in [0.15, 0.2) is 4.80 Å². The van der Waals surface area contributed by atoms with E-state index < -0.39 is 18.2 Å². The highest BCUT2D eigenvalue weighted by molar-refractivity contribution is 7.09. The Morgan fingerprint density at radius 3 is 2.59 bits per heavy atom. The van der Waals surface area contributed by atoms with Gasteiger partial charge in [0.25, 0.3) is 0 Å². The first-order chi connectivity index (χ1) is 13.7. The van der Waals surface area contributed by atoms with Crippen LogP contribution in [0.5, 0.6) is 0 Å². The topological polar surface area (TPSA) is 83.7 Å². The molecule has 2 amide bonds. The SMILES string of the molecule is O=C(O)NCCc1cn(Cc2cccc3ccccc23)/c(=N/C(=O)C(F)(F)F)s1. The minimum atomic E-state index is -5.06. The van der Waals surface area contributed by atoms with Crippen molar-refractivity contribution >= 4 is 34.1 Å². The summed E-state index contributed by atoms with van der Waals surface area (Å²) in [4.78, 5) is 25.7. The summed E-state index contributed by atoms with van der Waals surface area (Å²) in [7, 11) is 0. The molecule has 0 atom stereocenters. The monoisotopic (exact) mass is 423 g/mol. The maximum atomic E-state index is 12.7. The average molecular weight is 423 g/mol. The second kappa shape index (κ2) is 8.48. The zero-order valence-electron chi connectivity index (χ0n) is 14.9. The van der Waals surface area contributed by atoms with Crippen molar-refractivity contribution in [2.45, 2.75) is 19.1 Å². The van der Waals surface area contributed by atoms with Gasteiger partial charge in [0.05, 0.1) is 6.54 Å². The summed E-state index contributed by atoms with van der Waals surface area (Å²) in [5.41, 5.74) is 0.858. The van der Waals surface area contributed by atoms with E-state index >= 15 is 0 Å². The van der Waals surface area contributed by atoms with Gasteiger partial charge in [-0.05, 0) is 16.3 Å². The smallest absolute Gasteiger partial charge is 0.465 e. The fourth-order valence-electron chi connectivity index (χ4n) is 2.80. The largest absolute Gasteiger partial charge is 0.473 e. The van der Waals surface area contributed by atoms with Crippen LogP contribution in [0.4, 0.5) is 18.0 Å². The van der Waals surface area contributed by atoms with Crippen LogP contribution in [-0.4, -0.2) is 34.4 Å². The summed E-state index contributed by atoms with van der Waals surface area (Å²) in [6, 6.07) is 13.2. The molecule has 0 fully saturated rings. The zero-order valence-corrected chi connectivity index (χ0v) is 15.8. The predicted molar refractivity (Wildman–Crippen MR) is 102 cm³/mol. The zero-order chi connectivity index (χ0) is 21.0. The standard InChI is InChI=1S/C19H16F3N3O3S/c20-19(21,22)16(26)24-17-25(11-14(29-17)8-9-23-18(27)28)10-13-6-3-5-12-4-1-2-7-15(12)13/h1-7,11,23H,8-10H2,(H,27,28)/b24-17-. The van der Waals surface area contributed by atoms with Crippen LogP contribution in [0.2, 0.25) is 0 Å². The summed E-state index contributed by atoms with van der Waals surface area (Å²) in [5, 5.41) is 12.8. The molecule has 0 unspecified atom stereocenters. The van der Waals surface area contributed by atoms with E-state index in [2.05, 4.69) is 10.3 Å². The molecule has 3 aromatic rings. The number of benzene rings is 2. The van der Waals surface area contributed by atoms with Gasteiger partial charge in [-0.1, -0.05) is 42.5 Å². The second-order valence-corrected chi connectivity index (χ2v) is 7.24. The van der Waals surface area contributed by atoms with Crippen LogP contribution in [0.25, 0.3) is 10.8 Å². The highest BCUT2D eigenvalue weighted by atomic mass is 32.1. The Labute approximate surface area is 166 Å². The third-order valence-electron chi connectivity index (χ3n) is 4.08. The first-order valence-electron chi connectivity index (χ1n) is 8.52. The molecule has 0 aliphatic rings. The summed E-state index contributed by atoms with van der Waals surface area (Å²) in [6.07, 6.45) is -4.39. The molecule has 0 saturated carbocycles. The molecule has 2 N–H and O–H groups in total. The Bertz CT molecular complexity index is 1110. The van der Waals surface area contributed by atoms with Gasteiger partial charge in [0.1, 0.15) is 0 Å². The van der Waals surface area contributed by atoms with Crippen molar-refractivity contribution in [3.63, 3.8) is 0 Å². The van der Waals surface area contributed by atoms with Gasteiger partial charge in [-0.25, -0.2) is 4.79 Å². The van der Waals surface area contributed by atoms with Gasteiger partial charge in [0, 0.05) is 24.0 Å². The molecule has 3 rings (SSSR count). The average Bonchev–Trinajstić information content (AvgIpc) is 3.02. The number of nitrogens with one attached hydrogen (secondary N) is 1. The highest BCUT2D eigenvalue weighted by Gasteiger charge is 2.38. The molecular formula is C19H16F3N3O3S. The quantitative estimate of drug-likeness (QED) is 0.658. The number of halogens is 3. The van der Waals surface area contributed by atoms with Gasteiger partial charge in [0.2, 0.25) is 0 Å². The Morgan fingerprint density at radius 2 is 1.86 bits per heavy atom. The number of rotatable bonds is 5. The third-order valence-corrected chi connectivity index (χ3v) is 5.16. The van der Waals surface area contributed by atoms with Crippen molar-refractivity contribution < 1.29 is 27.9 Å². The molecule has 6 nitrogen and oxygen atoms in total.